The van der Waals surface area contributed by atoms with Crippen LogP contribution in [0, 0.1) is 0 Å². The summed E-state index contributed by atoms with van der Waals surface area (Å²) in [5.41, 5.74) is 6.68. The van der Waals surface area contributed by atoms with Crippen LogP contribution in [-0.4, -0.2) is 39.0 Å². The number of nitrogens with one attached hydrogen (secondary N) is 2. The van der Waals surface area contributed by atoms with Gasteiger partial charge < -0.3 is 30.6 Å². The Morgan fingerprint density at radius 2 is 1.73 bits per heavy atom. The van der Waals surface area contributed by atoms with Crippen LogP contribution < -0.4 is 25.8 Å². The van der Waals surface area contributed by atoms with Crippen molar-refractivity contribution in [2.75, 3.05) is 38.4 Å². The minimum atomic E-state index is -0.509. The average Bonchev–Trinajstić information content (AvgIpc) is 2.42. The van der Waals surface area contributed by atoms with Crippen LogP contribution in [0.4, 0.5) is 16.2 Å². The Balaban J connectivity index is 2.50. The molecule has 22 heavy (non-hydrogen) atoms. The highest BCUT2D eigenvalue weighted by molar-refractivity contribution is 5.72. The van der Waals surface area contributed by atoms with E-state index < -0.39 is 11.7 Å². The quantitative estimate of drug-likeness (QED) is 0.551. The van der Waals surface area contributed by atoms with E-state index in [0.29, 0.717) is 36.0 Å². The Morgan fingerprint density at radius 1 is 1.14 bits per heavy atom. The molecule has 0 unspecified atom stereocenters. The van der Waals surface area contributed by atoms with Crippen LogP contribution in [0.5, 0.6) is 11.5 Å². The van der Waals surface area contributed by atoms with Crippen LogP contribution in [0.2, 0.25) is 0 Å². The summed E-state index contributed by atoms with van der Waals surface area (Å²) in [5, 5.41) is 5.79. The Morgan fingerprint density at radius 3 is 2.27 bits per heavy atom. The molecule has 0 fully saturated rings. The van der Waals surface area contributed by atoms with Gasteiger partial charge in [-0.1, -0.05) is 0 Å². The Labute approximate surface area is 131 Å². The van der Waals surface area contributed by atoms with Gasteiger partial charge in [0.25, 0.3) is 0 Å². The van der Waals surface area contributed by atoms with E-state index in [1.807, 2.05) is 20.8 Å². The second kappa shape index (κ2) is 7.63. The van der Waals surface area contributed by atoms with Crippen molar-refractivity contribution in [1.82, 2.24) is 5.32 Å². The lowest BCUT2D eigenvalue weighted by molar-refractivity contribution is 0.0530. The van der Waals surface area contributed by atoms with Crippen LogP contribution in [0.25, 0.3) is 0 Å². The van der Waals surface area contributed by atoms with Gasteiger partial charge in [0.2, 0.25) is 0 Å². The van der Waals surface area contributed by atoms with Crippen LogP contribution >= 0.6 is 0 Å². The van der Waals surface area contributed by atoms with Crippen molar-refractivity contribution in [3.05, 3.63) is 12.1 Å². The van der Waals surface area contributed by atoms with E-state index in [1.54, 1.807) is 26.4 Å². The molecule has 0 aliphatic heterocycles. The zero-order valence-corrected chi connectivity index (χ0v) is 13.8. The third-order valence-electron chi connectivity index (χ3n) is 2.66. The maximum atomic E-state index is 11.5. The summed E-state index contributed by atoms with van der Waals surface area (Å²) in [5.74, 6) is 1.15. The van der Waals surface area contributed by atoms with Crippen molar-refractivity contribution in [1.29, 1.82) is 0 Å². The number of anilines is 2. The monoisotopic (exact) mass is 311 g/mol. The zero-order valence-electron chi connectivity index (χ0n) is 13.8. The molecule has 7 heteroatoms. The van der Waals surface area contributed by atoms with Crippen molar-refractivity contribution in [2.45, 2.75) is 26.4 Å². The largest absolute Gasteiger partial charge is 0.493 e. The molecule has 1 rings (SSSR count). The van der Waals surface area contributed by atoms with Gasteiger partial charge in [-0.3, -0.25) is 0 Å². The van der Waals surface area contributed by atoms with E-state index in [2.05, 4.69) is 10.6 Å². The average molecular weight is 311 g/mol. The predicted molar refractivity (Wildman–Crippen MR) is 86.7 cm³/mol. The molecule has 0 bridgehead atoms. The van der Waals surface area contributed by atoms with Crippen molar-refractivity contribution >= 4 is 17.5 Å². The van der Waals surface area contributed by atoms with E-state index in [-0.39, 0.29) is 0 Å². The third-order valence-corrected chi connectivity index (χ3v) is 2.66. The van der Waals surface area contributed by atoms with Crippen molar-refractivity contribution in [2.24, 2.45) is 0 Å². The van der Waals surface area contributed by atoms with Crippen molar-refractivity contribution in [3.63, 3.8) is 0 Å². The van der Waals surface area contributed by atoms with E-state index in [0.717, 1.165) is 0 Å². The maximum Gasteiger partial charge on any atom is 0.407 e. The molecule has 0 radical (unpaired) electrons. The Hall–Kier alpha value is -2.31. The van der Waals surface area contributed by atoms with Gasteiger partial charge in [-0.05, 0) is 20.8 Å². The topological polar surface area (TPSA) is 94.8 Å². The first-order valence-electron chi connectivity index (χ1n) is 6.99. The van der Waals surface area contributed by atoms with Crippen LogP contribution in [0.1, 0.15) is 20.8 Å². The van der Waals surface area contributed by atoms with Gasteiger partial charge >= 0.3 is 6.09 Å². The predicted octanol–water partition coefficient (Wildman–Crippen LogP) is 2.22. The molecule has 0 aliphatic rings. The molecule has 1 aromatic carbocycles. The molecule has 0 aromatic heterocycles. The minimum Gasteiger partial charge on any atom is -0.493 e. The van der Waals surface area contributed by atoms with Crippen LogP contribution in [0.15, 0.2) is 12.1 Å². The number of benzene rings is 1. The Bertz CT molecular complexity index is 512. The summed E-state index contributed by atoms with van der Waals surface area (Å²) in [7, 11) is 3.11. The molecule has 1 aromatic rings. The number of amides is 1. The molecular formula is C15H25N3O4. The van der Waals surface area contributed by atoms with Gasteiger partial charge in [0.1, 0.15) is 5.60 Å². The summed E-state index contributed by atoms with van der Waals surface area (Å²) in [6.45, 7) is 6.35. The number of carbonyl (C=O) groups is 1. The van der Waals surface area contributed by atoms with Gasteiger partial charge in [-0.15, -0.1) is 0 Å². The SMILES string of the molecule is COc1cc(N)c(NCCNC(=O)OC(C)(C)C)cc1OC. The molecule has 0 saturated heterocycles. The second-order valence-electron chi connectivity index (χ2n) is 5.65. The lowest BCUT2D eigenvalue weighted by atomic mass is 10.2. The number of hydrogen-bond donors (Lipinski definition) is 3. The first kappa shape index (κ1) is 17.7. The number of alkyl carbamates (subject to hydrolysis) is 1. The molecule has 0 spiro atoms. The van der Waals surface area contributed by atoms with Crippen molar-refractivity contribution < 1.29 is 19.0 Å². The van der Waals surface area contributed by atoms with Gasteiger partial charge in [-0.2, -0.15) is 0 Å². The lowest BCUT2D eigenvalue weighted by Gasteiger charge is -2.20. The highest BCUT2D eigenvalue weighted by Gasteiger charge is 2.15. The number of ether oxygens (including phenoxy) is 3. The number of methoxy groups -OCH3 is 2. The highest BCUT2D eigenvalue weighted by atomic mass is 16.6. The fourth-order valence-corrected chi connectivity index (χ4v) is 1.72. The third kappa shape index (κ3) is 5.59. The molecule has 1 amide bonds. The Kier molecular flexibility index (Phi) is 6.15. The summed E-state index contributed by atoms with van der Waals surface area (Å²) in [4.78, 5) is 11.5. The smallest absolute Gasteiger partial charge is 0.407 e. The normalized spacial score (nSPS) is 10.8. The molecule has 4 N–H and O–H groups in total. The van der Waals surface area contributed by atoms with E-state index in [9.17, 15) is 4.79 Å². The van der Waals surface area contributed by atoms with Gasteiger partial charge in [0, 0.05) is 25.2 Å². The standard InChI is InChI=1S/C15H25N3O4/c1-15(2,3)22-14(19)18-7-6-17-11-9-13(21-5)12(20-4)8-10(11)16/h8-9,17H,6-7,16H2,1-5H3,(H,18,19). The molecular weight excluding hydrogens is 286 g/mol. The van der Waals surface area contributed by atoms with E-state index >= 15 is 0 Å². The van der Waals surface area contributed by atoms with Gasteiger partial charge in [0.05, 0.1) is 25.6 Å². The molecule has 0 saturated carbocycles. The van der Waals surface area contributed by atoms with Crippen molar-refractivity contribution in [3.8, 4) is 11.5 Å². The second-order valence-corrected chi connectivity index (χ2v) is 5.65. The number of rotatable bonds is 6. The number of nitrogens with two attached hydrogens (primary N) is 1. The lowest BCUT2D eigenvalue weighted by Crippen LogP contribution is -2.35. The molecule has 0 atom stereocenters. The van der Waals surface area contributed by atoms with Gasteiger partial charge in [0.15, 0.2) is 11.5 Å². The van der Waals surface area contributed by atoms with Crippen LogP contribution in [-0.2, 0) is 4.74 Å². The zero-order chi connectivity index (χ0) is 16.8. The van der Waals surface area contributed by atoms with Crippen LogP contribution in [0.3, 0.4) is 0 Å². The fourth-order valence-electron chi connectivity index (χ4n) is 1.72. The first-order valence-corrected chi connectivity index (χ1v) is 6.99. The summed E-state index contributed by atoms with van der Waals surface area (Å²) >= 11 is 0. The highest BCUT2D eigenvalue weighted by Crippen LogP contribution is 2.34. The first-order chi connectivity index (χ1) is 10.3. The van der Waals surface area contributed by atoms with E-state index in [1.165, 1.54) is 0 Å². The number of nitrogen functional groups attached to an aromatic ring is 1. The molecule has 0 heterocycles. The van der Waals surface area contributed by atoms with Gasteiger partial charge in [-0.25, -0.2) is 4.79 Å². The number of carbonyl (C=O) groups excluding carboxylic acids is 1. The molecule has 7 nitrogen and oxygen atoms in total. The summed E-state index contributed by atoms with van der Waals surface area (Å²) in [6.07, 6.45) is -0.449. The fraction of sp³-hybridized carbons (Fsp3) is 0.533. The summed E-state index contributed by atoms with van der Waals surface area (Å²) < 4.78 is 15.5. The minimum absolute atomic E-state index is 0.405. The van der Waals surface area contributed by atoms with E-state index in [4.69, 9.17) is 19.9 Å². The number of hydrogen-bond acceptors (Lipinski definition) is 6. The molecule has 124 valence electrons. The maximum absolute atomic E-state index is 11.5. The summed E-state index contributed by atoms with van der Waals surface area (Å²) in [6, 6.07) is 3.43. The molecule has 0 aliphatic carbocycles.